The molecular weight excluding hydrogens is 324 g/mol. The first kappa shape index (κ1) is 16.7. The summed E-state index contributed by atoms with van der Waals surface area (Å²) in [5, 5.41) is 11.9. The number of carbonyl (C=O) groups is 2. The number of carbonyl (C=O) groups excluding carboxylic acids is 2. The monoisotopic (exact) mass is 344 g/mol. The Morgan fingerprint density at radius 1 is 1.33 bits per heavy atom. The van der Waals surface area contributed by atoms with Crippen LogP contribution in [0.5, 0.6) is 0 Å². The SMILES string of the molecule is CC(=O)Nc1cccc(-n2c(C)nnc2S[C@H]2CCCCC2=O)c1. The van der Waals surface area contributed by atoms with Crippen molar-refractivity contribution < 1.29 is 9.59 Å². The molecule has 3 rings (SSSR count). The summed E-state index contributed by atoms with van der Waals surface area (Å²) in [6, 6.07) is 7.53. The molecule has 1 heterocycles. The molecule has 0 aliphatic heterocycles. The summed E-state index contributed by atoms with van der Waals surface area (Å²) in [6.45, 7) is 3.36. The number of Topliss-reactive ketones (excluding diaryl/α,β-unsaturated/α-hetero) is 1. The fourth-order valence-corrected chi connectivity index (χ4v) is 4.06. The van der Waals surface area contributed by atoms with E-state index >= 15 is 0 Å². The van der Waals surface area contributed by atoms with E-state index in [-0.39, 0.29) is 11.2 Å². The number of ketones is 1. The summed E-state index contributed by atoms with van der Waals surface area (Å²) in [6.07, 6.45) is 3.61. The average Bonchev–Trinajstić information content (AvgIpc) is 2.90. The molecule has 1 aromatic heterocycles. The molecule has 1 N–H and O–H groups in total. The lowest BCUT2D eigenvalue weighted by Gasteiger charge is -2.19. The van der Waals surface area contributed by atoms with Crippen LogP contribution in [0.2, 0.25) is 0 Å². The van der Waals surface area contributed by atoms with Gasteiger partial charge in [0.05, 0.1) is 10.9 Å². The van der Waals surface area contributed by atoms with E-state index in [2.05, 4.69) is 15.5 Å². The number of hydrogen-bond acceptors (Lipinski definition) is 5. The normalized spacial score (nSPS) is 17.8. The second-order valence-electron chi connectivity index (χ2n) is 5.92. The summed E-state index contributed by atoms with van der Waals surface area (Å²) in [5.74, 6) is 0.932. The Labute approximate surface area is 145 Å². The first-order valence-corrected chi connectivity index (χ1v) is 8.92. The summed E-state index contributed by atoms with van der Waals surface area (Å²) >= 11 is 1.49. The van der Waals surface area contributed by atoms with Crippen molar-refractivity contribution in [1.82, 2.24) is 14.8 Å². The molecular formula is C17H20N4O2S. The van der Waals surface area contributed by atoms with Crippen molar-refractivity contribution in [2.75, 3.05) is 5.32 Å². The number of hydrogen-bond donors (Lipinski definition) is 1. The molecule has 0 spiro atoms. The van der Waals surface area contributed by atoms with Crippen molar-refractivity contribution >= 4 is 29.1 Å². The minimum atomic E-state index is -0.116. The van der Waals surface area contributed by atoms with E-state index in [1.165, 1.54) is 18.7 Å². The van der Waals surface area contributed by atoms with E-state index in [9.17, 15) is 9.59 Å². The third-order valence-electron chi connectivity index (χ3n) is 3.97. The fourth-order valence-electron chi connectivity index (χ4n) is 2.85. The number of nitrogens with zero attached hydrogens (tertiary/aromatic N) is 3. The molecule has 1 aliphatic carbocycles. The number of benzene rings is 1. The van der Waals surface area contributed by atoms with Crippen LogP contribution in [0.4, 0.5) is 5.69 Å². The molecule has 1 aromatic carbocycles. The maximum Gasteiger partial charge on any atom is 0.221 e. The molecule has 0 bridgehead atoms. The number of aromatic nitrogens is 3. The lowest BCUT2D eigenvalue weighted by Crippen LogP contribution is -2.21. The van der Waals surface area contributed by atoms with Gasteiger partial charge in [-0.05, 0) is 38.0 Å². The number of aryl methyl sites for hydroxylation is 1. The van der Waals surface area contributed by atoms with Crippen molar-refractivity contribution in [1.29, 1.82) is 0 Å². The van der Waals surface area contributed by atoms with Gasteiger partial charge in [0, 0.05) is 19.0 Å². The molecule has 1 atom stereocenters. The third kappa shape index (κ3) is 3.67. The number of amides is 1. The Bertz CT molecular complexity index is 772. The largest absolute Gasteiger partial charge is 0.326 e. The third-order valence-corrected chi connectivity index (χ3v) is 5.22. The highest BCUT2D eigenvalue weighted by molar-refractivity contribution is 8.00. The van der Waals surface area contributed by atoms with Crippen LogP contribution in [0, 0.1) is 6.92 Å². The number of nitrogens with one attached hydrogen (secondary N) is 1. The van der Waals surface area contributed by atoms with Crippen LogP contribution in [-0.2, 0) is 9.59 Å². The zero-order chi connectivity index (χ0) is 17.1. The predicted octanol–water partition coefficient (Wildman–Crippen LogP) is 3.14. The van der Waals surface area contributed by atoms with Crippen LogP contribution in [0.3, 0.4) is 0 Å². The van der Waals surface area contributed by atoms with Crippen LogP contribution in [0.15, 0.2) is 29.4 Å². The average molecular weight is 344 g/mol. The van der Waals surface area contributed by atoms with E-state index in [1.807, 2.05) is 35.8 Å². The number of anilines is 1. The zero-order valence-electron chi connectivity index (χ0n) is 13.8. The van der Waals surface area contributed by atoms with Gasteiger partial charge in [-0.25, -0.2) is 0 Å². The predicted molar refractivity (Wildman–Crippen MR) is 93.5 cm³/mol. The van der Waals surface area contributed by atoms with Crippen molar-refractivity contribution in [2.24, 2.45) is 0 Å². The Morgan fingerprint density at radius 3 is 2.92 bits per heavy atom. The highest BCUT2D eigenvalue weighted by Crippen LogP contribution is 2.32. The molecule has 1 saturated carbocycles. The van der Waals surface area contributed by atoms with Gasteiger partial charge in [0.2, 0.25) is 5.91 Å². The molecule has 6 nitrogen and oxygen atoms in total. The van der Waals surface area contributed by atoms with Crippen LogP contribution in [0.1, 0.15) is 38.4 Å². The summed E-state index contributed by atoms with van der Waals surface area (Å²) in [7, 11) is 0. The quantitative estimate of drug-likeness (QED) is 0.922. The van der Waals surface area contributed by atoms with Gasteiger partial charge in [0.25, 0.3) is 0 Å². The highest BCUT2D eigenvalue weighted by Gasteiger charge is 2.26. The highest BCUT2D eigenvalue weighted by atomic mass is 32.2. The van der Waals surface area contributed by atoms with Gasteiger partial charge in [0.1, 0.15) is 11.6 Å². The van der Waals surface area contributed by atoms with Crippen molar-refractivity contribution in [2.45, 2.75) is 49.9 Å². The summed E-state index contributed by atoms with van der Waals surface area (Å²) in [5.41, 5.74) is 1.59. The van der Waals surface area contributed by atoms with Crippen LogP contribution < -0.4 is 5.32 Å². The molecule has 1 fully saturated rings. The van der Waals surface area contributed by atoms with Gasteiger partial charge in [-0.1, -0.05) is 24.2 Å². The molecule has 126 valence electrons. The maximum absolute atomic E-state index is 12.1. The molecule has 0 unspecified atom stereocenters. The Balaban J connectivity index is 1.90. The van der Waals surface area contributed by atoms with Crippen molar-refractivity contribution in [3.8, 4) is 5.69 Å². The molecule has 1 aliphatic rings. The van der Waals surface area contributed by atoms with Gasteiger partial charge in [-0.15, -0.1) is 10.2 Å². The van der Waals surface area contributed by atoms with Gasteiger partial charge in [0.15, 0.2) is 5.16 Å². The number of thioether (sulfide) groups is 1. The molecule has 1 amide bonds. The first-order valence-electron chi connectivity index (χ1n) is 8.04. The van der Waals surface area contributed by atoms with E-state index in [4.69, 9.17) is 0 Å². The number of rotatable bonds is 4. The van der Waals surface area contributed by atoms with Gasteiger partial charge in [-0.2, -0.15) is 0 Å². The topological polar surface area (TPSA) is 76.9 Å². The Kier molecular flexibility index (Phi) is 4.99. The second-order valence-corrected chi connectivity index (χ2v) is 7.09. The zero-order valence-corrected chi connectivity index (χ0v) is 14.6. The van der Waals surface area contributed by atoms with Crippen LogP contribution in [-0.4, -0.2) is 31.7 Å². The lowest BCUT2D eigenvalue weighted by atomic mass is 9.99. The van der Waals surface area contributed by atoms with E-state index < -0.39 is 0 Å². The molecule has 24 heavy (non-hydrogen) atoms. The second kappa shape index (κ2) is 7.17. The van der Waals surface area contributed by atoms with Gasteiger partial charge in [-0.3, -0.25) is 14.2 Å². The minimum absolute atomic E-state index is 0.0420. The fraction of sp³-hybridized carbons (Fsp3) is 0.412. The lowest BCUT2D eigenvalue weighted by molar-refractivity contribution is -0.119. The van der Waals surface area contributed by atoms with E-state index in [0.29, 0.717) is 17.4 Å². The van der Waals surface area contributed by atoms with E-state index in [0.717, 1.165) is 36.5 Å². The standard InChI is InChI=1S/C17H20N4O2S/c1-11-19-20-17(24-16-9-4-3-8-15(16)23)21(11)14-7-5-6-13(10-14)18-12(2)22/h5-7,10,16H,3-4,8-9H2,1-2H3,(H,18,22)/t16-/m0/s1. The molecule has 7 heteroatoms. The maximum atomic E-state index is 12.1. The molecule has 0 saturated heterocycles. The van der Waals surface area contributed by atoms with Crippen LogP contribution >= 0.6 is 11.8 Å². The van der Waals surface area contributed by atoms with Crippen LogP contribution in [0.25, 0.3) is 5.69 Å². The van der Waals surface area contributed by atoms with E-state index in [1.54, 1.807) is 0 Å². The van der Waals surface area contributed by atoms with Crippen molar-refractivity contribution in [3.05, 3.63) is 30.1 Å². The summed E-state index contributed by atoms with van der Waals surface area (Å²) < 4.78 is 1.93. The Hall–Kier alpha value is -2.15. The van der Waals surface area contributed by atoms with Gasteiger partial charge >= 0.3 is 0 Å². The molecule has 0 radical (unpaired) electrons. The van der Waals surface area contributed by atoms with Crippen molar-refractivity contribution in [3.63, 3.8) is 0 Å². The summed E-state index contributed by atoms with van der Waals surface area (Å²) in [4.78, 5) is 23.4. The Morgan fingerprint density at radius 2 is 2.17 bits per heavy atom. The molecule has 2 aromatic rings. The van der Waals surface area contributed by atoms with Gasteiger partial charge < -0.3 is 5.32 Å². The first-order chi connectivity index (χ1) is 11.5. The minimum Gasteiger partial charge on any atom is -0.326 e. The smallest absolute Gasteiger partial charge is 0.221 e.